The molecule has 0 saturated carbocycles. The molecule has 1 atom stereocenters. The van der Waals surface area contributed by atoms with Crippen LogP contribution < -0.4 is 0 Å². The minimum atomic E-state index is 0.134. The molecule has 1 aromatic heterocycles. The minimum absolute atomic E-state index is 0.134. The molecule has 0 aliphatic rings. The molecule has 4 heteroatoms. The van der Waals surface area contributed by atoms with Crippen LogP contribution in [0.25, 0.3) is 0 Å². The molecule has 11 heavy (non-hydrogen) atoms. The highest BCUT2D eigenvalue weighted by atomic mass is 32.1. The molecule has 0 fully saturated rings. The van der Waals surface area contributed by atoms with Crippen molar-refractivity contribution < 1.29 is 0 Å². The molecular formula is C7H13N3S. The van der Waals surface area contributed by atoms with Crippen molar-refractivity contribution in [2.75, 3.05) is 0 Å². The van der Waals surface area contributed by atoms with Gasteiger partial charge in [-0.15, -0.1) is 10.2 Å². The maximum Gasteiger partial charge on any atom is 0.142 e. The third kappa shape index (κ3) is 1.96. The van der Waals surface area contributed by atoms with E-state index in [-0.39, 0.29) is 5.25 Å². The fourth-order valence-corrected chi connectivity index (χ4v) is 0.853. The molecule has 0 amide bonds. The Hall–Kier alpha value is -0.510. The lowest BCUT2D eigenvalue weighted by Gasteiger charge is -1.97. The Morgan fingerprint density at radius 3 is 2.00 bits per heavy atom. The first-order valence-electron chi connectivity index (χ1n) is 3.71. The molecule has 0 spiro atoms. The molecule has 1 aromatic rings. The normalized spacial score (nSPS) is 13.9. The predicted molar refractivity (Wildman–Crippen MR) is 47.9 cm³/mol. The van der Waals surface area contributed by atoms with Crippen LogP contribution in [-0.2, 0) is 0 Å². The molecule has 1 rings (SSSR count). The van der Waals surface area contributed by atoms with Gasteiger partial charge in [0.25, 0.3) is 0 Å². The van der Waals surface area contributed by atoms with E-state index in [4.69, 9.17) is 0 Å². The van der Waals surface area contributed by atoms with Crippen LogP contribution in [0.3, 0.4) is 0 Å². The van der Waals surface area contributed by atoms with Gasteiger partial charge in [0.2, 0.25) is 0 Å². The highest BCUT2D eigenvalue weighted by Crippen LogP contribution is 2.16. The van der Waals surface area contributed by atoms with E-state index in [0.29, 0.717) is 5.92 Å². The SMILES string of the molecule is CC(C)c1nnc(C(C)S)[nH]1. The lowest BCUT2D eigenvalue weighted by Crippen LogP contribution is -1.90. The smallest absolute Gasteiger partial charge is 0.142 e. The summed E-state index contributed by atoms with van der Waals surface area (Å²) < 4.78 is 0. The van der Waals surface area contributed by atoms with E-state index in [0.717, 1.165) is 11.6 Å². The molecule has 3 nitrogen and oxygen atoms in total. The molecule has 0 saturated heterocycles. The van der Waals surface area contributed by atoms with Gasteiger partial charge in [0, 0.05) is 5.92 Å². The summed E-state index contributed by atoms with van der Waals surface area (Å²) in [6, 6.07) is 0. The van der Waals surface area contributed by atoms with Gasteiger partial charge in [0.15, 0.2) is 0 Å². The largest absolute Gasteiger partial charge is 0.328 e. The van der Waals surface area contributed by atoms with Gasteiger partial charge in [-0.2, -0.15) is 12.6 Å². The zero-order valence-electron chi connectivity index (χ0n) is 7.00. The summed E-state index contributed by atoms with van der Waals surface area (Å²) in [7, 11) is 0. The van der Waals surface area contributed by atoms with Crippen molar-refractivity contribution in [2.45, 2.75) is 31.9 Å². The second-order valence-corrected chi connectivity index (χ2v) is 3.70. The van der Waals surface area contributed by atoms with Crippen molar-refractivity contribution in [2.24, 2.45) is 0 Å². The second-order valence-electron chi connectivity index (χ2n) is 2.93. The number of nitrogens with one attached hydrogen (secondary N) is 1. The first-order chi connectivity index (χ1) is 5.11. The maximum absolute atomic E-state index is 4.24. The van der Waals surface area contributed by atoms with Crippen LogP contribution in [0.15, 0.2) is 0 Å². The van der Waals surface area contributed by atoms with Crippen LogP contribution in [0.1, 0.15) is 43.6 Å². The first-order valence-corrected chi connectivity index (χ1v) is 4.23. The lowest BCUT2D eigenvalue weighted by atomic mass is 10.2. The zero-order chi connectivity index (χ0) is 8.43. The topological polar surface area (TPSA) is 41.6 Å². The number of hydrogen-bond donors (Lipinski definition) is 2. The summed E-state index contributed by atoms with van der Waals surface area (Å²) in [5.74, 6) is 2.18. The van der Waals surface area contributed by atoms with Crippen molar-refractivity contribution in [1.29, 1.82) is 0 Å². The predicted octanol–water partition coefficient (Wildman–Crippen LogP) is 1.92. The number of H-pyrrole nitrogens is 1. The Kier molecular flexibility index (Phi) is 2.54. The van der Waals surface area contributed by atoms with Crippen LogP contribution >= 0.6 is 12.6 Å². The van der Waals surface area contributed by atoms with Gasteiger partial charge in [-0.3, -0.25) is 0 Å². The Labute approximate surface area is 72.0 Å². The summed E-state index contributed by atoms with van der Waals surface area (Å²) in [5.41, 5.74) is 0. The number of hydrogen-bond acceptors (Lipinski definition) is 3. The van der Waals surface area contributed by atoms with E-state index in [1.54, 1.807) is 0 Å². The van der Waals surface area contributed by atoms with Gasteiger partial charge < -0.3 is 4.98 Å². The van der Waals surface area contributed by atoms with Crippen molar-refractivity contribution in [3.05, 3.63) is 11.6 Å². The standard InChI is InChI=1S/C7H13N3S/c1-4(2)6-8-7(5(3)11)10-9-6/h4-5,11H,1-3H3,(H,8,9,10). The summed E-state index contributed by atoms with van der Waals surface area (Å²) >= 11 is 4.24. The number of rotatable bonds is 2. The van der Waals surface area contributed by atoms with Crippen molar-refractivity contribution >= 4 is 12.6 Å². The Morgan fingerprint density at radius 2 is 1.73 bits per heavy atom. The Bertz CT molecular complexity index is 207. The second kappa shape index (κ2) is 3.26. The van der Waals surface area contributed by atoms with Crippen molar-refractivity contribution in [1.82, 2.24) is 15.2 Å². The first kappa shape index (κ1) is 8.59. The molecule has 1 heterocycles. The zero-order valence-corrected chi connectivity index (χ0v) is 7.89. The number of aromatic amines is 1. The lowest BCUT2D eigenvalue weighted by molar-refractivity contribution is 0.780. The van der Waals surface area contributed by atoms with Gasteiger partial charge in [-0.05, 0) is 6.92 Å². The molecule has 0 aliphatic carbocycles. The highest BCUT2D eigenvalue weighted by Gasteiger charge is 2.08. The van der Waals surface area contributed by atoms with E-state index < -0.39 is 0 Å². The third-order valence-corrected chi connectivity index (χ3v) is 1.71. The fourth-order valence-electron chi connectivity index (χ4n) is 0.737. The quantitative estimate of drug-likeness (QED) is 0.667. The molecule has 0 bridgehead atoms. The molecule has 1 unspecified atom stereocenters. The van der Waals surface area contributed by atoms with E-state index in [1.807, 2.05) is 6.92 Å². The highest BCUT2D eigenvalue weighted by molar-refractivity contribution is 7.80. The average molecular weight is 171 g/mol. The summed E-state index contributed by atoms with van der Waals surface area (Å²) in [4.78, 5) is 3.11. The van der Waals surface area contributed by atoms with Crippen LogP contribution in [0.2, 0.25) is 0 Å². The maximum atomic E-state index is 4.24. The van der Waals surface area contributed by atoms with E-state index in [9.17, 15) is 0 Å². The van der Waals surface area contributed by atoms with Crippen molar-refractivity contribution in [3.63, 3.8) is 0 Å². The summed E-state index contributed by atoms with van der Waals surface area (Å²) in [5, 5.41) is 8.07. The summed E-state index contributed by atoms with van der Waals surface area (Å²) in [6.45, 7) is 6.12. The monoisotopic (exact) mass is 171 g/mol. The van der Waals surface area contributed by atoms with Gasteiger partial charge in [-0.1, -0.05) is 13.8 Å². The van der Waals surface area contributed by atoms with E-state index in [1.165, 1.54) is 0 Å². The molecule has 62 valence electrons. The summed E-state index contributed by atoms with van der Waals surface area (Å²) in [6.07, 6.45) is 0. The average Bonchev–Trinajstić information content (AvgIpc) is 2.33. The molecule has 0 radical (unpaired) electrons. The molecule has 0 aliphatic heterocycles. The van der Waals surface area contributed by atoms with Gasteiger partial charge in [0.1, 0.15) is 11.6 Å². The fraction of sp³-hybridized carbons (Fsp3) is 0.714. The van der Waals surface area contributed by atoms with Gasteiger partial charge >= 0.3 is 0 Å². The van der Waals surface area contributed by atoms with Crippen LogP contribution in [0, 0.1) is 0 Å². The Morgan fingerprint density at radius 1 is 1.18 bits per heavy atom. The third-order valence-electron chi connectivity index (χ3n) is 1.46. The molecular weight excluding hydrogens is 158 g/mol. The van der Waals surface area contributed by atoms with Crippen LogP contribution in [-0.4, -0.2) is 15.2 Å². The minimum Gasteiger partial charge on any atom is -0.328 e. The number of thiol groups is 1. The van der Waals surface area contributed by atoms with E-state index in [2.05, 4.69) is 41.7 Å². The number of aromatic nitrogens is 3. The Balaban J connectivity index is 2.82. The number of nitrogens with zero attached hydrogens (tertiary/aromatic N) is 2. The van der Waals surface area contributed by atoms with Gasteiger partial charge in [0.05, 0.1) is 5.25 Å². The van der Waals surface area contributed by atoms with Gasteiger partial charge in [-0.25, -0.2) is 0 Å². The van der Waals surface area contributed by atoms with E-state index >= 15 is 0 Å². The van der Waals surface area contributed by atoms with Crippen LogP contribution in [0.5, 0.6) is 0 Å². The molecule has 0 aromatic carbocycles. The van der Waals surface area contributed by atoms with Crippen LogP contribution in [0.4, 0.5) is 0 Å². The molecule has 1 N–H and O–H groups in total. The van der Waals surface area contributed by atoms with Crippen molar-refractivity contribution in [3.8, 4) is 0 Å².